The number of ether oxygens (including phenoxy) is 1. The van der Waals surface area contributed by atoms with E-state index >= 15 is 0 Å². The number of aryl methyl sites for hydroxylation is 1. The molecule has 0 aliphatic rings. The summed E-state index contributed by atoms with van der Waals surface area (Å²) in [4.78, 5) is 27.3. The number of sulfone groups is 1. The van der Waals surface area contributed by atoms with Gasteiger partial charge in [0.05, 0.1) is 32.9 Å². The van der Waals surface area contributed by atoms with Crippen molar-refractivity contribution in [2.75, 3.05) is 12.9 Å². The van der Waals surface area contributed by atoms with Crippen LogP contribution in [0.1, 0.15) is 12.8 Å². The van der Waals surface area contributed by atoms with Gasteiger partial charge in [-0.05, 0) is 36.8 Å². The second-order valence-corrected chi connectivity index (χ2v) is 9.57. The van der Waals surface area contributed by atoms with Gasteiger partial charge in [0.15, 0.2) is 14.6 Å². The van der Waals surface area contributed by atoms with Gasteiger partial charge in [0.2, 0.25) is 5.91 Å². The third-order valence-electron chi connectivity index (χ3n) is 4.45. The van der Waals surface area contributed by atoms with Crippen molar-refractivity contribution < 1.29 is 22.9 Å². The lowest BCUT2D eigenvalue weighted by atomic mass is 10.3. The standard InChI is InChI=1S/C19H19N3O6S2/c1-21-16-10-5-13(22(24)25)12-17(16)29-19(21)20-18(23)4-3-11-30(26,27)15-8-6-14(28-2)7-9-15/h5-10,12H,3-4,11H2,1-2H3. The summed E-state index contributed by atoms with van der Waals surface area (Å²) in [6, 6.07) is 10.5. The normalized spacial score (nSPS) is 12.3. The first-order valence-corrected chi connectivity index (χ1v) is 11.4. The fraction of sp³-hybridized carbons (Fsp3) is 0.263. The minimum atomic E-state index is -3.51. The zero-order valence-corrected chi connectivity index (χ0v) is 17.9. The molecule has 2 aromatic carbocycles. The fourth-order valence-electron chi connectivity index (χ4n) is 2.82. The number of nitro benzene ring substituents is 1. The zero-order chi connectivity index (χ0) is 21.9. The van der Waals surface area contributed by atoms with Crippen molar-refractivity contribution in [2.24, 2.45) is 12.0 Å². The molecule has 0 unspecified atom stereocenters. The molecule has 0 fully saturated rings. The summed E-state index contributed by atoms with van der Waals surface area (Å²) in [5.74, 6) is -0.0632. The minimum Gasteiger partial charge on any atom is -0.497 e. The maximum Gasteiger partial charge on any atom is 0.270 e. The predicted molar refractivity (Wildman–Crippen MR) is 112 cm³/mol. The smallest absolute Gasteiger partial charge is 0.270 e. The maximum absolute atomic E-state index is 12.4. The van der Waals surface area contributed by atoms with Crippen molar-refractivity contribution in [1.82, 2.24) is 4.57 Å². The molecule has 3 aromatic rings. The van der Waals surface area contributed by atoms with E-state index in [9.17, 15) is 23.3 Å². The highest BCUT2D eigenvalue weighted by atomic mass is 32.2. The highest BCUT2D eigenvalue weighted by molar-refractivity contribution is 7.91. The number of non-ortho nitro benzene ring substituents is 1. The van der Waals surface area contributed by atoms with Gasteiger partial charge >= 0.3 is 0 Å². The number of rotatable bonds is 7. The second kappa shape index (κ2) is 8.76. The van der Waals surface area contributed by atoms with Crippen molar-refractivity contribution in [1.29, 1.82) is 0 Å². The van der Waals surface area contributed by atoms with E-state index in [1.165, 1.54) is 31.4 Å². The number of thiazole rings is 1. The number of nitrogens with zero attached hydrogens (tertiary/aromatic N) is 3. The van der Waals surface area contributed by atoms with Crippen LogP contribution in [0.25, 0.3) is 10.2 Å². The summed E-state index contributed by atoms with van der Waals surface area (Å²) in [7, 11) is -0.302. The Kier molecular flexibility index (Phi) is 6.32. The average Bonchev–Trinajstić information content (AvgIpc) is 3.02. The molecule has 1 heterocycles. The molecule has 3 rings (SSSR count). The first kappa shape index (κ1) is 21.7. The average molecular weight is 450 g/mol. The molecule has 1 aromatic heterocycles. The molecule has 0 aliphatic heterocycles. The van der Waals surface area contributed by atoms with E-state index in [0.717, 1.165) is 16.9 Å². The Morgan fingerprint density at radius 1 is 1.23 bits per heavy atom. The van der Waals surface area contributed by atoms with Crippen LogP contribution < -0.4 is 9.54 Å². The van der Waals surface area contributed by atoms with Gasteiger partial charge < -0.3 is 9.30 Å². The highest BCUT2D eigenvalue weighted by Crippen LogP contribution is 2.22. The van der Waals surface area contributed by atoms with E-state index in [0.29, 0.717) is 15.3 Å². The van der Waals surface area contributed by atoms with Crippen molar-refractivity contribution in [3.8, 4) is 5.75 Å². The fourth-order valence-corrected chi connectivity index (χ4v) is 5.20. The Balaban J connectivity index is 1.69. The Bertz CT molecular complexity index is 1270. The van der Waals surface area contributed by atoms with Gasteiger partial charge in [-0.25, -0.2) is 8.42 Å². The Labute approximate surface area is 176 Å². The summed E-state index contributed by atoms with van der Waals surface area (Å²) in [5, 5.41) is 10.9. The van der Waals surface area contributed by atoms with Crippen LogP contribution in [0, 0.1) is 10.1 Å². The van der Waals surface area contributed by atoms with Gasteiger partial charge in [-0.15, -0.1) is 0 Å². The molecule has 0 radical (unpaired) electrons. The zero-order valence-electron chi connectivity index (χ0n) is 16.3. The lowest BCUT2D eigenvalue weighted by Gasteiger charge is -2.05. The number of aromatic nitrogens is 1. The van der Waals surface area contributed by atoms with Crippen molar-refractivity contribution in [2.45, 2.75) is 17.7 Å². The lowest BCUT2D eigenvalue weighted by Crippen LogP contribution is -2.14. The number of carbonyl (C=O) groups is 1. The Hall–Kier alpha value is -3.05. The second-order valence-electron chi connectivity index (χ2n) is 6.46. The summed E-state index contributed by atoms with van der Waals surface area (Å²) in [6.07, 6.45) is 0.112. The molecule has 1 amide bonds. The molecule has 0 atom stereocenters. The van der Waals surface area contributed by atoms with Gasteiger partial charge in [-0.3, -0.25) is 14.9 Å². The van der Waals surface area contributed by atoms with Crippen molar-refractivity contribution in [3.63, 3.8) is 0 Å². The van der Waals surface area contributed by atoms with E-state index in [2.05, 4.69) is 4.99 Å². The number of hydrogen-bond donors (Lipinski definition) is 0. The Morgan fingerprint density at radius 2 is 1.93 bits per heavy atom. The summed E-state index contributed by atoms with van der Waals surface area (Å²) in [5.41, 5.74) is 0.685. The van der Waals surface area contributed by atoms with Gasteiger partial charge in [0.25, 0.3) is 5.69 Å². The predicted octanol–water partition coefficient (Wildman–Crippen LogP) is 2.84. The molecular formula is C19H19N3O6S2. The summed E-state index contributed by atoms with van der Waals surface area (Å²) in [6.45, 7) is 0. The number of methoxy groups -OCH3 is 1. The largest absolute Gasteiger partial charge is 0.497 e. The van der Waals surface area contributed by atoms with E-state index in [4.69, 9.17) is 4.74 Å². The molecule has 0 bridgehead atoms. The molecule has 0 saturated carbocycles. The third kappa shape index (κ3) is 4.74. The highest BCUT2D eigenvalue weighted by Gasteiger charge is 2.15. The van der Waals surface area contributed by atoms with E-state index < -0.39 is 20.7 Å². The number of nitro groups is 1. The van der Waals surface area contributed by atoms with Gasteiger partial charge in [0, 0.05) is 25.6 Å². The molecule has 11 heteroatoms. The number of benzene rings is 2. The Morgan fingerprint density at radius 3 is 2.57 bits per heavy atom. The lowest BCUT2D eigenvalue weighted by molar-refractivity contribution is -0.384. The van der Waals surface area contributed by atoms with Crippen molar-refractivity contribution in [3.05, 3.63) is 57.4 Å². The van der Waals surface area contributed by atoms with Crippen LogP contribution >= 0.6 is 11.3 Å². The van der Waals surface area contributed by atoms with E-state index in [1.807, 2.05) is 0 Å². The molecule has 0 spiro atoms. The molecule has 0 N–H and O–H groups in total. The molecular weight excluding hydrogens is 430 g/mol. The van der Waals surface area contributed by atoms with Crippen LogP contribution in [0.4, 0.5) is 5.69 Å². The first-order valence-electron chi connectivity index (χ1n) is 8.89. The minimum absolute atomic E-state index is 0.0240. The maximum atomic E-state index is 12.4. The quantitative estimate of drug-likeness (QED) is 0.404. The van der Waals surface area contributed by atoms with Gasteiger partial charge in [0.1, 0.15) is 5.75 Å². The third-order valence-corrected chi connectivity index (χ3v) is 7.36. The number of carbonyl (C=O) groups excluding carboxylic acids is 1. The number of hydrogen-bond acceptors (Lipinski definition) is 7. The van der Waals surface area contributed by atoms with Crippen LogP contribution in [0.2, 0.25) is 0 Å². The van der Waals surface area contributed by atoms with Crippen LogP contribution in [-0.2, 0) is 21.7 Å². The molecule has 0 saturated heterocycles. The summed E-state index contributed by atoms with van der Waals surface area (Å²) >= 11 is 1.16. The molecule has 0 aliphatic carbocycles. The molecule has 9 nitrogen and oxygen atoms in total. The van der Waals surface area contributed by atoms with Crippen LogP contribution in [0.3, 0.4) is 0 Å². The van der Waals surface area contributed by atoms with Crippen LogP contribution in [0.15, 0.2) is 52.4 Å². The van der Waals surface area contributed by atoms with Crippen LogP contribution in [-0.4, -0.2) is 36.7 Å². The molecule has 30 heavy (non-hydrogen) atoms. The SMILES string of the molecule is COc1ccc(S(=O)(=O)CCCC(=O)N=c2sc3cc([N+](=O)[O-])ccc3n2C)cc1. The van der Waals surface area contributed by atoms with E-state index in [1.54, 1.807) is 29.8 Å². The number of fused-ring (bicyclic) bond motifs is 1. The molecule has 158 valence electrons. The van der Waals surface area contributed by atoms with Crippen molar-refractivity contribution >= 4 is 43.0 Å². The topological polar surface area (TPSA) is 121 Å². The van der Waals surface area contributed by atoms with Gasteiger partial charge in [-0.1, -0.05) is 11.3 Å². The first-order chi connectivity index (χ1) is 14.2. The monoisotopic (exact) mass is 449 g/mol. The number of amides is 1. The van der Waals surface area contributed by atoms with Crippen LogP contribution in [0.5, 0.6) is 5.75 Å². The summed E-state index contributed by atoms with van der Waals surface area (Å²) < 4.78 is 32.1. The van der Waals surface area contributed by atoms with E-state index in [-0.39, 0.29) is 29.2 Å². The van der Waals surface area contributed by atoms with Gasteiger partial charge in [-0.2, -0.15) is 4.99 Å².